The monoisotopic (exact) mass is 802 g/mol. The number of nitrogens with zero attached hydrogens (tertiary/aromatic N) is 2. The van der Waals surface area contributed by atoms with Crippen LogP contribution in [0, 0.1) is 82.6 Å². The van der Waals surface area contributed by atoms with Gasteiger partial charge in [-0.15, -0.1) is 0 Å². The number of hydrogen-bond donors (Lipinski definition) is 1. The first-order chi connectivity index (χ1) is 28.6. The molecule has 0 amide bonds. The highest BCUT2D eigenvalue weighted by atomic mass is 19.1. The summed E-state index contributed by atoms with van der Waals surface area (Å²) in [5.41, 5.74) is 5.64. The molecule has 6 aliphatic rings. The van der Waals surface area contributed by atoms with Gasteiger partial charge in [0.05, 0.1) is 11.8 Å². The van der Waals surface area contributed by atoms with Gasteiger partial charge in [0.25, 0.3) is 0 Å². The van der Waals surface area contributed by atoms with E-state index in [4.69, 9.17) is 14.5 Å². The zero-order valence-corrected chi connectivity index (χ0v) is 34.3. The Morgan fingerprint density at radius 2 is 1.08 bits per heavy atom. The molecule has 7 nitrogen and oxygen atoms in total. The molecule has 0 radical (unpaired) electrons. The topological polar surface area (TPSA) is 98.6 Å². The van der Waals surface area contributed by atoms with Gasteiger partial charge in [0, 0.05) is 53.4 Å². The molecule has 1 N–H and O–H groups in total. The summed E-state index contributed by atoms with van der Waals surface area (Å²) in [5, 5.41) is 9.95. The van der Waals surface area contributed by atoms with E-state index in [1.807, 2.05) is 49.6 Å². The molecule has 0 bridgehead atoms. The lowest BCUT2D eigenvalue weighted by molar-refractivity contribution is -0.145. The van der Waals surface area contributed by atoms with Gasteiger partial charge in [-0.2, -0.15) is 0 Å². The van der Waals surface area contributed by atoms with Gasteiger partial charge in [-0.1, -0.05) is 43.3 Å². The maximum atomic E-state index is 13.5. The fourth-order valence-corrected chi connectivity index (χ4v) is 13.1. The van der Waals surface area contributed by atoms with E-state index in [9.17, 15) is 23.5 Å². The number of aliphatic hydroxyl groups excluding tert-OH is 1. The predicted molar refractivity (Wildman–Crippen MR) is 220 cm³/mol. The fraction of sp³-hybridized carbons (Fsp3) is 0.520. The largest absolute Gasteiger partial charge is 0.462 e. The normalized spacial score (nSPS) is 35.4. The summed E-state index contributed by atoms with van der Waals surface area (Å²) in [6.45, 7) is 6.58. The van der Waals surface area contributed by atoms with Crippen LogP contribution in [0.15, 0.2) is 85.2 Å². The lowest BCUT2D eigenvalue weighted by Gasteiger charge is -2.42. The zero-order chi connectivity index (χ0) is 40.9. The third-order valence-corrected chi connectivity index (χ3v) is 15.6. The first kappa shape index (κ1) is 39.9. The highest BCUT2D eigenvalue weighted by Crippen LogP contribution is 2.58. The van der Waals surface area contributed by atoms with Crippen molar-refractivity contribution in [1.82, 2.24) is 9.97 Å². The fourth-order valence-electron chi connectivity index (χ4n) is 13.1. The van der Waals surface area contributed by atoms with Crippen LogP contribution in [0.2, 0.25) is 0 Å². The minimum absolute atomic E-state index is 0.0241. The van der Waals surface area contributed by atoms with E-state index in [-0.39, 0.29) is 66.1 Å². The van der Waals surface area contributed by atoms with Gasteiger partial charge in [-0.05, 0) is 160 Å². The average molecular weight is 803 g/mol. The second-order valence-electron chi connectivity index (χ2n) is 18.7. The predicted octanol–water partition coefficient (Wildman–Crippen LogP) is 9.55. The lowest BCUT2D eigenvalue weighted by Crippen LogP contribution is -2.43. The second kappa shape index (κ2) is 16.5. The molecule has 6 fully saturated rings. The maximum Gasteiger partial charge on any atom is 0.309 e. The van der Waals surface area contributed by atoms with Crippen molar-refractivity contribution in [3.63, 3.8) is 0 Å². The number of carbonyl (C=O) groups excluding carboxylic acids is 2. The Morgan fingerprint density at radius 3 is 1.56 bits per heavy atom. The molecule has 4 aromatic rings. The first-order valence-electron chi connectivity index (χ1n) is 22.0. The van der Waals surface area contributed by atoms with E-state index in [2.05, 4.69) is 24.9 Å². The Hall–Kier alpha value is -4.50. The lowest BCUT2D eigenvalue weighted by atomic mass is 9.60. The van der Waals surface area contributed by atoms with Crippen LogP contribution in [0.1, 0.15) is 70.7 Å². The van der Waals surface area contributed by atoms with Gasteiger partial charge in [-0.3, -0.25) is 19.6 Å². The van der Waals surface area contributed by atoms with Crippen LogP contribution in [0.25, 0.3) is 22.3 Å². The van der Waals surface area contributed by atoms with Gasteiger partial charge >= 0.3 is 11.9 Å². The molecule has 10 rings (SSSR count). The van der Waals surface area contributed by atoms with Crippen LogP contribution in [0.4, 0.5) is 8.78 Å². The quantitative estimate of drug-likeness (QED) is 0.186. The van der Waals surface area contributed by atoms with Crippen LogP contribution >= 0.6 is 0 Å². The second-order valence-corrected chi connectivity index (χ2v) is 18.7. The van der Waals surface area contributed by atoms with Crippen molar-refractivity contribution in [2.75, 3.05) is 6.61 Å². The molecule has 59 heavy (non-hydrogen) atoms. The summed E-state index contributed by atoms with van der Waals surface area (Å²) >= 11 is 0. The molecular weight excluding hydrogens is 747 g/mol. The number of hydrogen-bond acceptors (Lipinski definition) is 7. The molecule has 9 heteroatoms. The maximum absolute atomic E-state index is 13.5. The summed E-state index contributed by atoms with van der Waals surface area (Å²) < 4.78 is 38.3. The molecule has 2 aromatic heterocycles. The Labute approximate surface area is 346 Å². The minimum Gasteiger partial charge on any atom is -0.462 e. The molecule has 4 aliphatic carbocycles. The van der Waals surface area contributed by atoms with Crippen molar-refractivity contribution >= 4 is 11.9 Å². The number of carbonyl (C=O) groups is 2. The van der Waals surface area contributed by atoms with Crippen molar-refractivity contribution in [3.05, 3.63) is 108 Å². The van der Waals surface area contributed by atoms with E-state index >= 15 is 0 Å². The number of rotatable bonds is 7. The first-order valence-corrected chi connectivity index (χ1v) is 22.0. The molecule has 0 unspecified atom stereocenters. The molecule has 2 aromatic carbocycles. The van der Waals surface area contributed by atoms with E-state index in [0.29, 0.717) is 47.3 Å². The van der Waals surface area contributed by atoms with E-state index in [1.165, 1.54) is 31.0 Å². The summed E-state index contributed by atoms with van der Waals surface area (Å²) in [7, 11) is 0. The smallest absolute Gasteiger partial charge is 0.309 e. The van der Waals surface area contributed by atoms with Gasteiger partial charge in [-0.25, -0.2) is 8.78 Å². The molecule has 310 valence electrons. The Balaban J connectivity index is 0.000000152. The number of aromatic nitrogens is 2. The molecule has 4 saturated carbocycles. The molecule has 4 heterocycles. The van der Waals surface area contributed by atoms with Crippen molar-refractivity contribution < 1.29 is 33.0 Å². The number of fused-ring (bicyclic) bond motifs is 6. The molecule has 2 aliphatic heterocycles. The number of ether oxygens (including phenoxy) is 2. The Morgan fingerprint density at radius 1 is 0.593 bits per heavy atom. The van der Waals surface area contributed by atoms with Crippen molar-refractivity contribution in [2.24, 2.45) is 71.0 Å². The summed E-state index contributed by atoms with van der Waals surface area (Å²) in [6, 6.07) is 21.4. The third-order valence-electron chi connectivity index (χ3n) is 15.6. The van der Waals surface area contributed by atoms with Gasteiger partial charge in [0.15, 0.2) is 0 Å². The molecule has 14 atom stereocenters. The minimum atomic E-state index is -0.249. The number of aliphatic hydroxyl groups is 1. The van der Waals surface area contributed by atoms with Crippen LogP contribution in [-0.2, 0) is 31.9 Å². The van der Waals surface area contributed by atoms with Crippen LogP contribution < -0.4 is 0 Å². The van der Waals surface area contributed by atoms with Crippen LogP contribution in [0.3, 0.4) is 0 Å². The Bertz CT molecular complexity index is 2150. The summed E-state index contributed by atoms with van der Waals surface area (Å²) in [5.74, 6) is 4.00. The van der Waals surface area contributed by atoms with Gasteiger partial charge in [0.2, 0.25) is 0 Å². The summed E-state index contributed by atoms with van der Waals surface area (Å²) in [4.78, 5) is 34.1. The average Bonchev–Trinajstić information content (AvgIpc) is 3.99. The third kappa shape index (κ3) is 7.73. The van der Waals surface area contributed by atoms with E-state index < -0.39 is 0 Å². The van der Waals surface area contributed by atoms with Crippen LogP contribution in [0.5, 0.6) is 0 Å². The molecule has 2 saturated heterocycles. The van der Waals surface area contributed by atoms with Gasteiger partial charge in [0.1, 0.15) is 23.8 Å². The molecular formula is C50H56F2N2O5. The SMILES string of the molecule is C[C@H]1C[C@H]2C(=O)O[C@H](C)[C@H]2[C@H]2[C@H](Cc3ccc(-c4cccc(F)c4)cn3)CC[C@@H]21.C[C@H]1OC(=O)[C@@H]2C[C@H](CO)[C@H]3CC[C@@H](Cc4ccc(-c5cccc(F)c5)cn4)[C@@H]3[C@H]12. The van der Waals surface area contributed by atoms with Crippen molar-refractivity contribution in [3.8, 4) is 22.3 Å². The number of esters is 2. The number of cyclic esters (lactones) is 2. The number of benzene rings is 2. The highest BCUT2D eigenvalue weighted by molar-refractivity contribution is 5.76. The number of halogens is 2. The number of pyridine rings is 2. The zero-order valence-electron chi connectivity index (χ0n) is 34.3. The highest BCUT2D eigenvalue weighted by Gasteiger charge is 2.59. The van der Waals surface area contributed by atoms with Crippen molar-refractivity contribution in [1.29, 1.82) is 0 Å². The summed E-state index contributed by atoms with van der Waals surface area (Å²) in [6.07, 6.45) is 11.9. The van der Waals surface area contributed by atoms with E-state index in [0.717, 1.165) is 72.2 Å². The van der Waals surface area contributed by atoms with E-state index in [1.54, 1.807) is 18.2 Å². The molecule has 0 spiro atoms. The van der Waals surface area contributed by atoms with Crippen LogP contribution in [-0.4, -0.2) is 45.8 Å². The Kier molecular flexibility index (Phi) is 11.2. The van der Waals surface area contributed by atoms with Crippen molar-refractivity contribution in [2.45, 2.75) is 84.3 Å². The standard InChI is InChI=1S/C25H28FNO3.C25H28FNO2/c1-14-23-22(25(29)30-14)11-18(13-28)21-8-6-16(24(21)23)10-20-7-5-17(12-27-20)15-3-2-4-19(26)9-15;1-14-10-22-23(15(2)29-25(22)28)24-17(7-9-21(14)24)12-20-8-6-18(13-27-20)16-4-3-5-19(26)11-16/h2-5,7,9,12,14,16,18,21-24,28H,6,8,10-11,13H2,1H3;3-6,8,11,13-15,17,21-24H,7,9-10,12H2,1-2H3/t14-,16+,18-,21-,22-,23-,24+;14-,15+,17-,21+,22+,23+,24-/m10/s1. The van der Waals surface area contributed by atoms with Gasteiger partial charge < -0.3 is 14.6 Å².